The Balaban J connectivity index is 3.36. The monoisotopic (exact) mass is 168 g/mol. The molecule has 0 aliphatic heterocycles. The minimum absolute atomic E-state index is 0.779. The van der Waals surface area contributed by atoms with Gasteiger partial charge in [-0.3, -0.25) is 0 Å². The van der Waals surface area contributed by atoms with Gasteiger partial charge >= 0.3 is 0 Å². The highest BCUT2D eigenvalue weighted by Gasteiger charge is 1.99. The zero-order chi connectivity index (χ0) is 8.43. The van der Waals surface area contributed by atoms with Crippen molar-refractivity contribution in [2.24, 2.45) is 0 Å². The topological polar surface area (TPSA) is 17.1 Å². The molecule has 0 amide bonds. The van der Waals surface area contributed by atoms with E-state index >= 15 is 0 Å². The fraction of sp³-hybridized carbons (Fsp3) is 0.333. The fourth-order valence-corrected chi connectivity index (χ4v) is 1.92. The first-order valence-corrected chi connectivity index (χ1v) is 4.73. The Morgan fingerprint density at radius 2 is 1.55 bits per heavy atom. The lowest BCUT2D eigenvalue weighted by atomic mass is 10.1. The maximum atomic E-state index is 10.8. The number of hydrogen-bond acceptors (Lipinski definition) is 1. The molecule has 1 aromatic carbocycles. The van der Waals surface area contributed by atoms with Crippen molar-refractivity contribution in [2.45, 2.75) is 20.8 Å². The zero-order valence-corrected chi connectivity index (χ0v) is 8.29. The van der Waals surface area contributed by atoms with Gasteiger partial charge in [0.2, 0.25) is 0 Å². The lowest BCUT2D eigenvalue weighted by molar-refractivity contribution is 0.603. The summed E-state index contributed by atoms with van der Waals surface area (Å²) in [6, 6.07) is 4.15. The third-order valence-corrected chi connectivity index (χ3v) is 3.00. The van der Waals surface area contributed by atoms with Crippen LogP contribution in [0.25, 0.3) is 0 Å². The molecule has 0 heterocycles. The first kappa shape index (κ1) is 8.55. The van der Waals surface area contributed by atoms with Crippen LogP contribution in [0.5, 0.6) is 0 Å². The molecule has 0 aliphatic rings. The molecule has 0 bridgehead atoms. The van der Waals surface area contributed by atoms with Crippen molar-refractivity contribution in [2.75, 3.05) is 0 Å². The third kappa shape index (κ3) is 1.72. The number of benzene rings is 1. The summed E-state index contributed by atoms with van der Waals surface area (Å²) in [4.78, 5) is 0. The van der Waals surface area contributed by atoms with E-state index in [2.05, 4.69) is 19.1 Å². The highest BCUT2D eigenvalue weighted by Crippen LogP contribution is 2.10. The van der Waals surface area contributed by atoms with Crippen LogP contribution in [0.4, 0.5) is 0 Å². The number of rotatable bonds is 1. The molecule has 2 heteroatoms. The summed E-state index contributed by atoms with van der Waals surface area (Å²) in [7, 11) is -0.779. The summed E-state index contributed by atoms with van der Waals surface area (Å²) in [6.45, 7) is 6.09. The Morgan fingerprint density at radius 1 is 1.09 bits per heavy atom. The van der Waals surface area contributed by atoms with Crippen LogP contribution in [0, 0.1) is 20.8 Å². The van der Waals surface area contributed by atoms with Crippen LogP contribution < -0.4 is 5.30 Å². The predicted octanol–water partition coefficient (Wildman–Crippen LogP) is 1.99. The van der Waals surface area contributed by atoms with Crippen molar-refractivity contribution in [3.05, 3.63) is 28.8 Å². The average molecular weight is 168 g/mol. The lowest BCUT2D eigenvalue weighted by Gasteiger charge is -2.04. The van der Waals surface area contributed by atoms with E-state index in [1.807, 2.05) is 13.8 Å². The quantitative estimate of drug-likeness (QED) is 0.586. The van der Waals surface area contributed by atoms with E-state index in [0.717, 1.165) is 16.4 Å². The van der Waals surface area contributed by atoms with Gasteiger partial charge in [-0.25, -0.2) is 0 Å². The molecular formula is C9H13OP. The van der Waals surface area contributed by atoms with Gasteiger partial charge in [0.05, 0.1) is 8.46 Å². The molecule has 60 valence electrons. The van der Waals surface area contributed by atoms with Crippen molar-refractivity contribution in [3.8, 4) is 0 Å². The first-order valence-electron chi connectivity index (χ1n) is 3.68. The summed E-state index contributed by atoms with van der Waals surface area (Å²) in [6.07, 6.45) is 0. The van der Waals surface area contributed by atoms with Crippen LogP contribution in [0.1, 0.15) is 16.7 Å². The van der Waals surface area contributed by atoms with Crippen LogP contribution in [0.2, 0.25) is 0 Å². The van der Waals surface area contributed by atoms with Gasteiger partial charge in [0.1, 0.15) is 0 Å². The maximum Gasteiger partial charge on any atom is 0.0926 e. The summed E-state index contributed by atoms with van der Waals surface area (Å²) in [5.41, 5.74) is 3.57. The molecule has 11 heavy (non-hydrogen) atoms. The van der Waals surface area contributed by atoms with Crippen molar-refractivity contribution >= 4 is 13.8 Å². The van der Waals surface area contributed by atoms with E-state index in [1.165, 1.54) is 5.56 Å². The molecule has 1 nitrogen and oxygen atoms in total. The Kier molecular flexibility index (Phi) is 2.51. The Hall–Kier alpha value is -0.550. The Labute approximate surface area is 68.6 Å². The maximum absolute atomic E-state index is 10.8. The lowest BCUT2D eigenvalue weighted by Crippen LogP contribution is -2.03. The third-order valence-electron chi connectivity index (χ3n) is 1.86. The van der Waals surface area contributed by atoms with Crippen LogP contribution in [0.3, 0.4) is 0 Å². The van der Waals surface area contributed by atoms with Crippen molar-refractivity contribution < 1.29 is 4.57 Å². The van der Waals surface area contributed by atoms with Gasteiger partial charge in [-0.15, -0.1) is 0 Å². The molecule has 1 rings (SSSR count). The SMILES string of the molecule is Cc1cc(C)c([PH2]=O)c(C)c1. The van der Waals surface area contributed by atoms with E-state index < -0.39 is 8.46 Å². The van der Waals surface area contributed by atoms with Gasteiger partial charge in [-0.05, 0) is 31.9 Å². The molecule has 0 fully saturated rings. The van der Waals surface area contributed by atoms with E-state index in [9.17, 15) is 4.57 Å². The molecule has 0 aliphatic carbocycles. The molecule has 0 radical (unpaired) electrons. The predicted molar refractivity (Wildman–Crippen MR) is 50.7 cm³/mol. The molecule has 1 unspecified atom stereocenters. The van der Waals surface area contributed by atoms with Gasteiger partial charge in [0, 0.05) is 5.30 Å². The second kappa shape index (κ2) is 3.23. The standard InChI is InChI=1S/C9H13OP/c1-6-4-7(2)9(11-10)8(3)5-6/h4-5H,11H2,1-3H3. The van der Waals surface area contributed by atoms with Gasteiger partial charge in [0.25, 0.3) is 0 Å². The highest BCUT2D eigenvalue weighted by molar-refractivity contribution is 7.34. The molecule has 0 saturated carbocycles. The Bertz CT molecular complexity index is 269. The summed E-state index contributed by atoms with van der Waals surface area (Å²) >= 11 is 0. The van der Waals surface area contributed by atoms with Crippen LogP contribution in [0.15, 0.2) is 12.1 Å². The van der Waals surface area contributed by atoms with Gasteiger partial charge in [0.15, 0.2) is 0 Å². The van der Waals surface area contributed by atoms with Crippen LogP contribution >= 0.6 is 8.46 Å². The minimum Gasteiger partial charge on any atom is -0.325 e. The largest absolute Gasteiger partial charge is 0.325 e. The zero-order valence-electron chi connectivity index (χ0n) is 7.14. The second-order valence-corrected chi connectivity index (χ2v) is 3.74. The van der Waals surface area contributed by atoms with Gasteiger partial charge in [-0.1, -0.05) is 17.7 Å². The second-order valence-electron chi connectivity index (χ2n) is 2.93. The first-order chi connectivity index (χ1) is 5.15. The number of aryl methyl sites for hydroxylation is 3. The normalized spacial score (nSPS) is 11.2. The molecule has 1 aromatic rings. The molecule has 1 atom stereocenters. The van der Waals surface area contributed by atoms with Crippen molar-refractivity contribution in [1.29, 1.82) is 0 Å². The minimum atomic E-state index is -0.779. The van der Waals surface area contributed by atoms with Gasteiger partial charge in [-0.2, -0.15) is 0 Å². The average Bonchev–Trinajstić information content (AvgIpc) is 1.85. The van der Waals surface area contributed by atoms with E-state index in [1.54, 1.807) is 0 Å². The summed E-state index contributed by atoms with van der Waals surface area (Å²) in [5.74, 6) is 0. The Morgan fingerprint density at radius 3 is 1.91 bits per heavy atom. The van der Waals surface area contributed by atoms with E-state index in [-0.39, 0.29) is 0 Å². The van der Waals surface area contributed by atoms with Crippen LogP contribution in [-0.4, -0.2) is 0 Å². The van der Waals surface area contributed by atoms with Crippen LogP contribution in [-0.2, 0) is 4.57 Å². The molecule has 0 saturated heterocycles. The highest BCUT2D eigenvalue weighted by atomic mass is 31.1. The number of hydrogen-bond donors (Lipinski definition) is 0. The van der Waals surface area contributed by atoms with E-state index in [4.69, 9.17) is 0 Å². The van der Waals surface area contributed by atoms with Crippen molar-refractivity contribution in [1.82, 2.24) is 0 Å². The molecule has 0 spiro atoms. The summed E-state index contributed by atoms with van der Waals surface area (Å²) in [5, 5.41) is 1.04. The fourth-order valence-electron chi connectivity index (χ4n) is 1.38. The smallest absolute Gasteiger partial charge is 0.0926 e. The van der Waals surface area contributed by atoms with Crippen molar-refractivity contribution in [3.63, 3.8) is 0 Å². The van der Waals surface area contributed by atoms with E-state index in [0.29, 0.717) is 0 Å². The molecule has 0 N–H and O–H groups in total. The van der Waals surface area contributed by atoms with Gasteiger partial charge < -0.3 is 4.57 Å². The summed E-state index contributed by atoms with van der Waals surface area (Å²) < 4.78 is 10.8. The molecule has 0 aromatic heterocycles. The molecular weight excluding hydrogens is 155 g/mol.